The molecule has 0 saturated carbocycles. The molecule has 0 aliphatic heterocycles. The maximum atomic E-state index is 12.2. The number of amides is 1. The minimum atomic E-state index is -0.0585. The molecule has 0 saturated heterocycles. The zero-order valence-electron chi connectivity index (χ0n) is 16.5. The van der Waals surface area contributed by atoms with Crippen molar-refractivity contribution in [1.82, 2.24) is 14.9 Å². The maximum Gasteiger partial charge on any atom is 0.227 e. The molecule has 0 spiro atoms. The average molecular weight is 406 g/mol. The SMILES string of the molecule is Cc1cc(-c2csc(CC(=O)NCc3ccco3)n2)c(C)n1Cc1ccccc1. The highest BCUT2D eigenvalue weighted by Crippen LogP contribution is 2.29. The summed E-state index contributed by atoms with van der Waals surface area (Å²) in [7, 11) is 0. The van der Waals surface area contributed by atoms with Gasteiger partial charge < -0.3 is 14.3 Å². The quantitative estimate of drug-likeness (QED) is 0.484. The van der Waals surface area contributed by atoms with Crippen molar-refractivity contribution in [1.29, 1.82) is 0 Å². The van der Waals surface area contributed by atoms with Crippen molar-refractivity contribution < 1.29 is 9.21 Å². The zero-order valence-corrected chi connectivity index (χ0v) is 17.3. The van der Waals surface area contributed by atoms with Gasteiger partial charge in [-0.05, 0) is 37.6 Å². The molecule has 1 N–H and O–H groups in total. The van der Waals surface area contributed by atoms with Crippen LogP contribution in [-0.4, -0.2) is 15.5 Å². The van der Waals surface area contributed by atoms with Crippen molar-refractivity contribution in [2.24, 2.45) is 0 Å². The molecular formula is C23H23N3O2S. The molecule has 4 rings (SSSR count). The fourth-order valence-electron chi connectivity index (χ4n) is 3.38. The van der Waals surface area contributed by atoms with Gasteiger partial charge in [0.05, 0.1) is 24.9 Å². The second kappa shape index (κ2) is 8.49. The lowest BCUT2D eigenvalue weighted by Crippen LogP contribution is -2.24. The Morgan fingerprint density at radius 2 is 2.00 bits per heavy atom. The highest BCUT2D eigenvalue weighted by molar-refractivity contribution is 7.10. The van der Waals surface area contributed by atoms with Crippen molar-refractivity contribution in [3.63, 3.8) is 0 Å². The summed E-state index contributed by atoms with van der Waals surface area (Å²) in [5.74, 6) is 0.681. The third-order valence-electron chi connectivity index (χ3n) is 4.94. The van der Waals surface area contributed by atoms with E-state index in [1.807, 2.05) is 23.6 Å². The number of rotatable bonds is 7. The van der Waals surface area contributed by atoms with Crippen molar-refractivity contribution in [2.45, 2.75) is 33.4 Å². The maximum absolute atomic E-state index is 12.2. The Hall–Kier alpha value is -3.12. The van der Waals surface area contributed by atoms with E-state index < -0.39 is 0 Å². The number of hydrogen-bond donors (Lipinski definition) is 1. The Bertz CT molecular complexity index is 1090. The van der Waals surface area contributed by atoms with Gasteiger partial charge in [-0.15, -0.1) is 11.3 Å². The Kier molecular flexibility index (Phi) is 5.62. The van der Waals surface area contributed by atoms with E-state index in [-0.39, 0.29) is 12.3 Å². The van der Waals surface area contributed by atoms with E-state index in [1.54, 1.807) is 6.26 Å². The molecule has 1 aromatic carbocycles. The Labute approximate surface area is 174 Å². The number of carbonyl (C=O) groups is 1. The predicted octanol–water partition coefficient (Wildman–Crippen LogP) is 4.73. The summed E-state index contributed by atoms with van der Waals surface area (Å²) in [6.45, 7) is 5.48. The highest BCUT2D eigenvalue weighted by atomic mass is 32.1. The molecule has 3 heterocycles. The van der Waals surface area contributed by atoms with Crippen molar-refractivity contribution in [2.75, 3.05) is 0 Å². The monoisotopic (exact) mass is 405 g/mol. The molecule has 0 aliphatic rings. The second-order valence-corrected chi connectivity index (χ2v) is 7.96. The van der Waals surface area contributed by atoms with Gasteiger partial charge in [-0.3, -0.25) is 4.79 Å². The first kappa shape index (κ1) is 19.2. The number of aryl methyl sites for hydroxylation is 1. The first-order valence-corrected chi connectivity index (χ1v) is 10.4. The Morgan fingerprint density at radius 3 is 2.76 bits per heavy atom. The summed E-state index contributed by atoms with van der Waals surface area (Å²) in [6, 6.07) is 16.3. The van der Waals surface area contributed by atoms with Crippen LogP contribution in [0.25, 0.3) is 11.3 Å². The molecule has 29 heavy (non-hydrogen) atoms. The third kappa shape index (κ3) is 4.49. The van der Waals surface area contributed by atoms with Gasteiger partial charge in [0.25, 0.3) is 0 Å². The van der Waals surface area contributed by atoms with E-state index in [4.69, 9.17) is 9.40 Å². The first-order chi connectivity index (χ1) is 14.1. The fraction of sp³-hybridized carbons (Fsp3) is 0.217. The van der Waals surface area contributed by atoms with Crippen LogP contribution in [0.4, 0.5) is 0 Å². The molecule has 0 atom stereocenters. The zero-order chi connectivity index (χ0) is 20.2. The highest BCUT2D eigenvalue weighted by Gasteiger charge is 2.15. The van der Waals surface area contributed by atoms with E-state index >= 15 is 0 Å². The third-order valence-corrected chi connectivity index (χ3v) is 5.79. The summed E-state index contributed by atoms with van der Waals surface area (Å²) < 4.78 is 7.54. The standard InChI is InChI=1S/C23H23N3O2S/c1-16-11-20(17(2)26(16)14-18-7-4-3-5-8-18)21-15-29-23(25-21)12-22(27)24-13-19-9-6-10-28-19/h3-11,15H,12-14H2,1-2H3,(H,24,27). The first-order valence-electron chi connectivity index (χ1n) is 9.54. The lowest BCUT2D eigenvalue weighted by atomic mass is 10.2. The van der Waals surface area contributed by atoms with Gasteiger partial charge >= 0.3 is 0 Å². The van der Waals surface area contributed by atoms with Gasteiger partial charge in [0.1, 0.15) is 10.8 Å². The summed E-state index contributed by atoms with van der Waals surface area (Å²) in [5, 5.41) is 5.71. The van der Waals surface area contributed by atoms with Crippen LogP contribution in [-0.2, 0) is 24.3 Å². The van der Waals surface area contributed by atoms with Crippen LogP contribution in [0.3, 0.4) is 0 Å². The molecule has 0 bridgehead atoms. The van der Waals surface area contributed by atoms with E-state index in [0.717, 1.165) is 28.6 Å². The summed E-state index contributed by atoms with van der Waals surface area (Å²) in [5.41, 5.74) is 5.71. The number of benzene rings is 1. The summed E-state index contributed by atoms with van der Waals surface area (Å²) in [6.07, 6.45) is 1.87. The number of nitrogens with one attached hydrogen (secondary N) is 1. The normalized spacial score (nSPS) is 11.0. The van der Waals surface area contributed by atoms with Crippen molar-refractivity contribution in [3.05, 3.63) is 87.9 Å². The van der Waals surface area contributed by atoms with Gasteiger partial charge in [-0.1, -0.05) is 30.3 Å². The molecule has 0 unspecified atom stereocenters. The molecule has 0 fully saturated rings. The van der Waals surface area contributed by atoms with Crippen LogP contribution >= 0.6 is 11.3 Å². The molecule has 148 valence electrons. The van der Waals surface area contributed by atoms with Crippen molar-refractivity contribution in [3.8, 4) is 11.3 Å². The van der Waals surface area contributed by atoms with Gasteiger partial charge in [-0.2, -0.15) is 0 Å². The minimum absolute atomic E-state index is 0.0585. The summed E-state index contributed by atoms with van der Waals surface area (Å²) >= 11 is 1.52. The number of thiazole rings is 1. The molecule has 4 aromatic rings. The topological polar surface area (TPSA) is 60.1 Å². The largest absolute Gasteiger partial charge is 0.467 e. The van der Waals surface area contributed by atoms with Crippen LogP contribution in [0.5, 0.6) is 0 Å². The fourth-order valence-corrected chi connectivity index (χ4v) is 4.18. The number of hydrogen-bond acceptors (Lipinski definition) is 4. The number of carbonyl (C=O) groups excluding carboxylic acids is 1. The Morgan fingerprint density at radius 1 is 1.17 bits per heavy atom. The van der Waals surface area contributed by atoms with Crippen LogP contribution in [0, 0.1) is 13.8 Å². The van der Waals surface area contributed by atoms with Crippen LogP contribution in [0.1, 0.15) is 27.7 Å². The van der Waals surface area contributed by atoms with Gasteiger partial charge in [-0.25, -0.2) is 4.98 Å². The van der Waals surface area contributed by atoms with Gasteiger partial charge in [0.2, 0.25) is 5.91 Å². The smallest absolute Gasteiger partial charge is 0.227 e. The molecule has 0 radical (unpaired) electrons. The molecule has 0 aliphatic carbocycles. The van der Waals surface area contributed by atoms with Crippen molar-refractivity contribution >= 4 is 17.2 Å². The molecular weight excluding hydrogens is 382 g/mol. The van der Waals surface area contributed by atoms with E-state index in [2.05, 4.69) is 54.1 Å². The van der Waals surface area contributed by atoms with Crippen LogP contribution in [0.15, 0.2) is 64.6 Å². The number of aromatic nitrogens is 2. The van der Waals surface area contributed by atoms with Crippen LogP contribution < -0.4 is 5.32 Å². The molecule has 5 nitrogen and oxygen atoms in total. The second-order valence-electron chi connectivity index (χ2n) is 7.02. The van der Waals surface area contributed by atoms with E-state index in [1.165, 1.54) is 28.3 Å². The van der Waals surface area contributed by atoms with E-state index in [9.17, 15) is 4.79 Å². The molecule has 6 heteroatoms. The summed E-state index contributed by atoms with van der Waals surface area (Å²) in [4.78, 5) is 16.9. The van der Waals surface area contributed by atoms with Gasteiger partial charge in [0.15, 0.2) is 0 Å². The number of furan rings is 1. The predicted molar refractivity (Wildman–Crippen MR) is 115 cm³/mol. The Balaban J connectivity index is 1.45. The average Bonchev–Trinajstić information content (AvgIpc) is 3.45. The molecule has 1 amide bonds. The minimum Gasteiger partial charge on any atom is -0.467 e. The lowest BCUT2D eigenvalue weighted by Gasteiger charge is -2.09. The van der Waals surface area contributed by atoms with E-state index in [0.29, 0.717) is 6.54 Å². The van der Waals surface area contributed by atoms with Gasteiger partial charge in [0, 0.05) is 28.9 Å². The van der Waals surface area contributed by atoms with Crippen LogP contribution in [0.2, 0.25) is 0 Å². The number of nitrogens with zero attached hydrogens (tertiary/aromatic N) is 2. The molecule has 3 aromatic heterocycles. The lowest BCUT2D eigenvalue weighted by molar-refractivity contribution is -0.120.